The molecule has 0 saturated carbocycles. The fourth-order valence-corrected chi connectivity index (χ4v) is 6.44. The SMILES string of the molecule is Cc1cc(O)c(C)c(C(=O)N[C@@H](Cc2ccccc2)[C@H](O)C(=O)N2COC(C)(C)[C@H]2C(=O)NC2CCC3=C2CCC=C3)c1. The standard InChI is InChI=1S/C34H41N3O6/c1-20-16-25(21(2)28(38)17-20)31(40)36-27(18-22-10-6-5-7-11-22)29(39)33(42)37-19-43-34(3,4)30(37)32(41)35-26-15-14-23-12-8-9-13-24(23)26/h5-8,10-12,16-17,26-27,29-30,38-39H,9,13-15,18-19H2,1-4H3,(H,35,41)(H,36,40)/t26?,27-,29-,30+/m0/s1. The van der Waals surface area contributed by atoms with Gasteiger partial charge in [0.25, 0.3) is 11.8 Å². The van der Waals surface area contributed by atoms with Crippen LogP contribution in [0.25, 0.3) is 0 Å². The summed E-state index contributed by atoms with van der Waals surface area (Å²) in [4.78, 5) is 42.4. The van der Waals surface area contributed by atoms with E-state index in [1.165, 1.54) is 16.0 Å². The Bertz CT molecular complexity index is 1460. The van der Waals surface area contributed by atoms with Crippen molar-refractivity contribution in [3.05, 3.63) is 88.0 Å². The van der Waals surface area contributed by atoms with E-state index in [0.29, 0.717) is 11.1 Å². The minimum absolute atomic E-state index is 0.0129. The van der Waals surface area contributed by atoms with Crippen LogP contribution in [0.4, 0.5) is 0 Å². The van der Waals surface area contributed by atoms with Crippen molar-refractivity contribution < 1.29 is 29.3 Å². The maximum absolute atomic E-state index is 13.9. The third-order valence-electron chi connectivity index (χ3n) is 8.85. The van der Waals surface area contributed by atoms with Gasteiger partial charge in [-0.2, -0.15) is 0 Å². The Labute approximate surface area is 252 Å². The molecule has 1 fully saturated rings. The molecule has 5 rings (SSSR count). The fraction of sp³-hybridized carbons (Fsp3) is 0.441. The summed E-state index contributed by atoms with van der Waals surface area (Å²) in [5.74, 6) is -1.57. The largest absolute Gasteiger partial charge is 0.508 e. The molecule has 0 aromatic heterocycles. The summed E-state index contributed by atoms with van der Waals surface area (Å²) in [6.07, 6.45) is 6.36. The quantitative estimate of drug-likeness (QED) is 0.374. The van der Waals surface area contributed by atoms with Gasteiger partial charge >= 0.3 is 0 Å². The average Bonchev–Trinajstić information content (AvgIpc) is 3.53. The van der Waals surface area contributed by atoms with E-state index in [0.717, 1.165) is 31.2 Å². The minimum atomic E-state index is -1.67. The molecule has 9 nitrogen and oxygen atoms in total. The van der Waals surface area contributed by atoms with Crippen LogP contribution in [-0.2, 0) is 20.7 Å². The monoisotopic (exact) mass is 587 g/mol. The van der Waals surface area contributed by atoms with E-state index in [-0.39, 0.29) is 36.4 Å². The zero-order chi connectivity index (χ0) is 30.9. The van der Waals surface area contributed by atoms with Crippen LogP contribution in [0, 0.1) is 13.8 Å². The number of carbonyl (C=O) groups is 3. The van der Waals surface area contributed by atoms with E-state index in [2.05, 4.69) is 22.8 Å². The molecule has 4 atom stereocenters. The molecule has 1 saturated heterocycles. The van der Waals surface area contributed by atoms with Crippen molar-refractivity contribution >= 4 is 17.7 Å². The zero-order valence-electron chi connectivity index (χ0n) is 25.2. The molecule has 43 heavy (non-hydrogen) atoms. The number of carbonyl (C=O) groups excluding carboxylic acids is 3. The number of aryl methyl sites for hydroxylation is 1. The first-order valence-electron chi connectivity index (χ1n) is 14.9. The van der Waals surface area contributed by atoms with Crippen LogP contribution in [0.5, 0.6) is 5.75 Å². The summed E-state index contributed by atoms with van der Waals surface area (Å²) in [6, 6.07) is 10.4. The van der Waals surface area contributed by atoms with Crippen LogP contribution >= 0.6 is 0 Å². The number of nitrogens with one attached hydrogen (secondary N) is 2. The first-order chi connectivity index (χ1) is 20.5. The number of ether oxygens (including phenoxy) is 1. The number of hydrogen-bond donors (Lipinski definition) is 4. The van der Waals surface area contributed by atoms with Gasteiger partial charge in [-0.1, -0.05) is 42.5 Å². The number of benzene rings is 2. The highest BCUT2D eigenvalue weighted by Crippen LogP contribution is 2.35. The molecule has 1 aliphatic heterocycles. The number of aliphatic hydroxyl groups excluding tert-OH is 1. The summed E-state index contributed by atoms with van der Waals surface area (Å²) in [5, 5.41) is 27.8. The molecule has 1 heterocycles. The predicted octanol–water partition coefficient (Wildman–Crippen LogP) is 3.60. The third-order valence-corrected chi connectivity index (χ3v) is 8.85. The fourth-order valence-electron chi connectivity index (χ4n) is 6.44. The predicted molar refractivity (Wildman–Crippen MR) is 162 cm³/mol. The highest BCUT2D eigenvalue weighted by molar-refractivity contribution is 5.97. The van der Waals surface area contributed by atoms with Gasteiger partial charge in [-0.05, 0) is 94.2 Å². The van der Waals surface area contributed by atoms with Gasteiger partial charge in [-0.3, -0.25) is 14.4 Å². The molecule has 9 heteroatoms. The van der Waals surface area contributed by atoms with Crippen molar-refractivity contribution in [1.82, 2.24) is 15.5 Å². The third kappa shape index (κ3) is 6.38. The molecular formula is C34H41N3O6. The molecular weight excluding hydrogens is 546 g/mol. The van der Waals surface area contributed by atoms with Gasteiger partial charge in [0.15, 0.2) is 6.10 Å². The van der Waals surface area contributed by atoms with E-state index >= 15 is 0 Å². The van der Waals surface area contributed by atoms with Gasteiger partial charge in [0.05, 0.1) is 17.7 Å². The van der Waals surface area contributed by atoms with E-state index in [1.54, 1.807) is 39.8 Å². The molecule has 1 unspecified atom stereocenters. The van der Waals surface area contributed by atoms with Crippen LogP contribution in [0.2, 0.25) is 0 Å². The van der Waals surface area contributed by atoms with E-state index in [1.807, 2.05) is 30.3 Å². The van der Waals surface area contributed by atoms with Crippen molar-refractivity contribution in [1.29, 1.82) is 0 Å². The molecule has 0 radical (unpaired) electrons. The van der Waals surface area contributed by atoms with E-state index in [4.69, 9.17) is 4.74 Å². The number of aromatic hydroxyl groups is 1. The molecule has 0 bridgehead atoms. The molecule has 228 valence electrons. The first-order valence-corrected chi connectivity index (χ1v) is 14.9. The Morgan fingerprint density at radius 1 is 1.12 bits per heavy atom. The summed E-state index contributed by atoms with van der Waals surface area (Å²) in [7, 11) is 0. The zero-order valence-corrected chi connectivity index (χ0v) is 25.2. The Morgan fingerprint density at radius 2 is 1.86 bits per heavy atom. The van der Waals surface area contributed by atoms with Crippen molar-refractivity contribution in [2.45, 2.75) is 89.6 Å². The average molecular weight is 588 g/mol. The number of amides is 3. The second-order valence-electron chi connectivity index (χ2n) is 12.3. The van der Waals surface area contributed by atoms with Crippen LogP contribution in [0.15, 0.2) is 65.8 Å². The lowest BCUT2D eigenvalue weighted by atomic mass is 9.94. The van der Waals surface area contributed by atoms with Gasteiger partial charge in [0.1, 0.15) is 18.5 Å². The van der Waals surface area contributed by atoms with Gasteiger partial charge in [-0.25, -0.2) is 0 Å². The Morgan fingerprint density at radius 3 is 2.60 bits per heavy atom. The van der Waals surface area contributed by atoms with Crippen molar-refractivity contribution in [2.75, 3.05) is 6.73 Å². The number of aliphatic hydroxyl groups is 1. The lowest BCUT2D eigenvalue weighted by Crippen LogP contribution is -2.59. The van der Waals surface area contributed by atoms with Gasteiger partial charge in [0.2, 0.25) is 5.91 Å². The molecule has 2 aromatic rings. The van der Waals surface area contributed by atoms with Crippen molar-refractivity contribution in [2.24, 2.45) is 0 Å². The Hall–Kier alpha value is -3.95. The molecule has 4 N–H and O–H groups in total. The van der Waals surface area contributed by atoms with Gasteiger partial charge in [-0.15, -0.1) is 0 Å². The number of rotatable bonds is 8. The lowest BCUT2D eigenvalue weighted by Gasteiger charge is -2.33. The summed E-state index contributed by atoms with van der Waals surface area (Å²) < 4.78 is 5.91. The van der Waals surface area contributed by atoms with Crippen LogP contribution in [-0.4, -0.2) is 69.4 Å². The van der Waals surface area contributed by atoms with Crippen molar-refractivity contribution in [3.8, 4) is 5.75 Å². The van der Waals surface area contributed by atoms with Crippen molar-refractivity contribution in [3.63, 3.8) is 0 Å². The molecule has 3 amide bonds. The van der Waals surface area contributed by atoms with Gasteiger partial charge in [0, 0.05) is 11.1 Å². The number of phenolic OH excluding ortho intramolecular Hbond substituents is 1. The summed E-state index contributed by atoms with van der Waals surface area (Å²) >= 11 is 0. The second kappa shape index (κ2) is 12.3. The smallest absolute Gasteiger partial charge is 0.256 e. The Balaban J connectivity index is 1.38. The van der Waals surface area contributed by atoms with Crippen LogP contribution in [0.1, 0.15) is 66.6 Å². The molecule has 2 aromatic carbocycles. The summed E-state index contributed by atoms with van der Waals surface area (Å²) in [5.41, 5.74) is 3.68. The number of phenols is 1. The number of hydrogen-bond acceptors (Lipinski definition) is 6. The summed E-state index contributed by atoms with van der Waals surface area (Å²) in [6.45, 7) is 6.76. The molecule has 3 aliphatic rings. The second-order valence-corrected chi connectivity index (χ2v) is 12.3. The molecule has 0 spiro atoms. The van der Waals surface area contributed by atoms with Crippen LogP contribution in [0.3, 0.4) is 0 Å². The number of allylic oxidation sites excluding steroid dienone is 3. The maximum Gasteiger partial charge on any atom is 0.256 e. The molecule has 2 aliphatic carbocycles. The first kappa shape index (κ1) is 30.5. The minimum Gasteiger partial charge on any atom is -0.508 e. The Kier molecular flexibility index (Phi) is 8.76. The lowest BCUT2D eigenvalue weighted by molar-refractivity contribution is -0.147. The topological polar surface area (TPSA) is 128 Å². The normalized spacial score (nSPS) is 22.2. The van der Waals surface area contributed by atoms with Crippen LogP contribution < -0.4 is 10.6 Å². The number of nitrogens with zero attached hydrogens (tertiary/aromatic N) is 1. The van der Waals surface area contributed by atoms with Gasteiger partial charge < -0.3 is 30.5 Å². The maximum atomic E-state index is 13.9. The highest BCUT2D eigenvalue weighted by atomic mass is 16.5. The van der Waals surface area contributed by atoms with E-state index < -0.39 is 35.6 Å². The van der Waals surface area contributed by atoms with E-state index in [9.17, 15) is 24.6 Å². The highest BCUT2D eigenvalue weighted by Gasteiger charge is 2.51.